The highest BCUT2D eigenvalue weighted by molar-refractivity contribution is 7.80. The Hall–Kier alpha value is -0.880. The van der Waals surface area contributed by atoms with E-state index in [-0.39, 0.29) is 0 Å². The van der Waals surface area contributed by atoms with Gasteiger partial charge in [-0.2, -0.15) is 0 Å². The molecule has 0 radical (unpaired) electrons. The second-order valence-electron chi connectivity index (χ2n) is 4.85. The van der Waals surface area contributed by atoms with Crippen molar-refractivity contribution in [3.8, 4) is 0 Å². The van der Waals surface area contributed by atoms with Crippen LogP contribution in [0.4, 0.5) is 5.69 Å². The summed E-state index contributed by atoms with van der Waals surface area (Å²) in [5.41, 5.74) is 0.950. The first kappa shape index (κ1) is 15.5. The van der Waals surface area contributed by atoms with E-state index in [1.54, 1.807) is 4.90 Å². The van der Waals surface area contributed by atoms with Gasteiger partial charge in [0.25, 0.3) is 0 Å². The van der Waals surface area contributed by atoms with Crippen molar-refractivity contribution in [3.05, 3.63) is 29.3 Å². The summed E-state index contributed by atoms with van der Waals surface area (Å²) in [4.78, 5) is 1.62. The summed E-state index contributed by atoms with van der Waals surface area (Å²) in [6.45, 7) is 6.07. The molecule has 110 valence electrons. The SMILES string of the molecule is S=C(NCCC[NH+]1CCOCC1)Nc1ccc(Cl)cc1. The molecule has 0 saturated carbocycles. The Morgan fingerprint density at radius 1 is 1.25 bits per heavy atom. The largest absolute Gasteiger partial charge is 0.370 e. The molecule has 20 heavy (non-hydrogen) atoms. The van der Waals surface area contributed by atoms with Gasteiger partial charge in [-0.15, -0.1) is 0 Å². The van der Waals surface area contributed by atoms with Crippen LogP contribution >= 0.6 is 23.8 Å². The molecule has 1 fully saturated rings. The molecule has 0 amide bonds. The molecule has 0 spiro atoms. The topological polar surface area (TPSA) is 37.7 Å². The monoisotopic (exact) mass is 314 g/mol. The summed E-state index contributed by atoms with van der Waals surface area (Å²) in [6, 6.07) is 7.50. The molecule has 3 N–H and O–H groups in total. The van der Waals surface area contributed by atoms with E-state index < -0.39 is 0 Å². The van der Waals surface area contributed by atoms with Crippen LogP contribution in [0.15, 0.2) is 24.3 Å². The van der Waals surface area contributed by atoms with Gasteiger partial charge in [0.1, 0.15) is 13.1 Å². The predicted molar refractivity (Wildman–Crippen MR) is 86.7 cm³/mol. The van der Waals surface area contributed by atoms with Gasteiger partial charge in [-0.05, 0) is 36.5 Å². The number of nitrogens with one attached hydrogen (secondary N) is 3. The van der Waals surface area contributed by atoms with Gasteiger partial charge in [0.2, 0.25) is 0 Å². The standard InChI is InChI=1S/C14H20ClN3OS/c15-12-2-4-13(5-3-12)17-14(20)16-6-1-7-18-8-10-19-11-9-18/h2-5H,1,6-11H2,(H2,16,17,20)/p+1. The lowest BCUT2D eigenvalue weighted by atomic mass is 10.3. The Morgan fingerprint density at radius 2 is 1.95 bits per heavy atom. The maximum absolute atomic E-state index is 5.84. The minimum absolute atomic E-state index is 0.657. The van der Waals surface area contributed by atoms with Gasteiger partial charge in [0.05, 0.1) is 19.8 Å². The number of halogens is 1. The lowest BCUT2D eigenvalue weighted by Crippen LogP contribution is -3.14. The summed E-state index contributed by atoms with van der Waals surface area (Å²) in [7, 11) is 0. The third-order valence-electron chi connectivity index (χ3n) is 3.29. The number of benzene rings is 1. The zero-order valence-electron chi connectivity index (χ0n) is 11.5. The van der Waals surface area contributed by atoms with Crippen LogP contribution in [-0.2, 0) is 4.74 Å². The van der Waals surface area contributed by atoms with Crippen molar-refractivity contribution in [3.63, 3.8) is 0 Å². The van der Waals surface area contributed by atoms with Crippen LogP contribution in [0.1, 0.15) is 6.42 Å². The minimum atomic E-state index is 0.657. The molecular formula is C14H21ClN3OS+. The molecule has 1 aromatic carbocycles. The molecule has 1 aliphatic heterocycles. The first-order valence-electron chi connectivity index (χ1n) is 6.96. The molecule has 0 atom stereocenters. The van der Waals surface area contributed by atoms with E-state index in [0.29, 0.717) is 5.11 Å². The molecule has 1 heterocycles. The van der Waals surface area contributed by atoms with Gasteiger partial charge in [0.15, 0.2) is 5.11 Å². The van der Waals surface area contributed by atoms with Crippen LogP contribution in [-0.4, -0.2) is 44.5 Å². The van der Waals surface area contributed by atoms with E-state index in [0.717, 1.165) is 50.0 Å². The van der Waals surface area contributed by atoms with E-state index in [2.05, 4.69) is 10.6 Å². The van der Waals surface area contributed by atoms with Gasteiger partial charge in [0, 0.05) is 23.7 Å². The molecule has 6 heteroatoms. The molecule has 2 rings (SSSR count). The summed E-state index contributed by atoms with van der Waals surface area (Å²) in [5, 5.41) is 7.75. The van der Waals surface area contributed by atoms with Crippen LogP contribution in [0.3, 0.4) is 0 Å². The Kier molecular flexibility index (Phi) is 6.53. The number of anilines is 1. The second-order valence-corrected chi connectivity index (χ2v) is 5.70. The summed E-state index contributed by atoms with van der Waals surface area (Å²) in [6.07, 6.45) is 1.11. The van der Waals surface area contributed by atoms with Crippen molar-refractivity contribution in [2.75, 3.05) is 44.7 Å². The number of hydrogen-bond donors (Lipinski definition) is 3. The van der Waals surface area contributed by atoms with Crippen molar-refractivity contribution < 1.29 is 9.64 Å². The van der Waals surface area contributed by atoms with Crippen molar-refractivity contribution in [2.24, 2.45) is 0 Å². The predicted octanol–water partition coefficient (Wildman–Crippen LogP) is 0.932. The lowest BCUT2D eigenvalue weighted by molar-refractivity contribution is -0.908. The molecule has 4 nitrogen and oxygen atoms in total. The third-order valence-corrected chi connectivity index (χ3v) is 3.79. The van der Waals surface area contributed by atoms with E-state index in [4.69, 9.17) is 28.6 Å². The summed E-state index contributed by atoms with van der Waals surface area (Å²) in [5.74, 6) is 0. The van der Waals surface area contributed by atoms with Crippen molar-refractivity contribution in [2.45, 2.75) is 6.42 Å². The van der Waals surface area contributed by atoms with Crippen LogP contribution < -0.4 is 15.5 Å². The Labute approximate surface area is 130 Å². The van der Waals surface area contributed by atoms with E-state index in [1.807, 2.05) is 24.3 Å². The fourth-order valence-electron chi connectivity index (χ4n) is 2.16. The Morgan fingerprint density at radius 3 is 2.65 bits per heavy atom. The number of rotatable bonds is 5. The zero-order valence-corrected chi connectivity index (χ0v) is 13.0. The van der Waals surface area contributed by atoms with Crippen molar-refractivity contribution in [1.82, 2.24) is 5.32 Å². The second kappa shape index (κ2) is 8.42. The van der Waals surface area contributed by atoms with Crippen LogP contribution in [0.2, 0.25) is 5.02 Å². The number of morpholine rings is 1. The molecular weight excluding hydrogens is 294 g/mol. The van der Waals surface area contributed by atoms with Gasteiger partial charge in [-0.1, -0.05) is 11.6 Å². The highest BCUT2D eigenvalue weighted by Gasteiger charge is 2.12. The fourth-order valence-corrected chi connectivity index (χ4v) is 2.50. The highest BCUT2D eigenvalue weighted by atomic mass is 35.5. The Bertz CT molecular complexity index is 421. The number of quaternary nitrogens is 1. The van der Waals surface area contributed by atoms with Gasteiger partial charge in [-0.25, -0.2) is 0 Å². The van der Waals surface area contributed by atoms with Crippen molar-refractivity contribution in [1.29, 1.82) is 0 Å². The van der Waals surface area contributed by atoms with Crippen molar-refractivity contribution >= 4 is 34.6 Å². The number of ether oxygens (including phenoxy) is 1. The summed E-state index contributed by atoms with van der Waals surface area (Å²) >= 11 is 11.1. The normalized spacial score (nSPS) is 15.8. The van der Waals surface area contributed by atoms with Gasteiger partial charge < -0.3 is 20.3 Å². The minimum Gasteiger partial charge on any atom is -0.370 e. The van der Waals surface area contributed by atoms with Crippen LogP contribution in [0.5, 0.6) is 0 Å². The molecule has 0 aliphatic carbocycles. The van der Waals surface area contributed by atoms with E-state index in [9.17, 15) is 0 Å². The average molecular weight is 315 g/mol. The Balaban J connectivity index is 1.59. The molecule has 0 unspecified atom stereocenters. The lowest BCUT2D eigenvalue weighted by Gasteiger charge is -2.23. The first-order valence-corrected chi connectivity index (χ1v) is 7.74. The van der Waals surface area contributed by atoms with Gasteiger partial charge in [-0.3, -0.25) is 0 Å². The van der Waals surface area contributed by atoms with E-state index in [1.165, 1.54) is 6.54 Å². The zero-order chi connectivity index (χ0) is 14.2. The van der Waals surface area contributed by atoms with E-state index >= 15 is 0 Å². The quantitative estimate of drug-likeness (QED) is 0.558. The number of hydrogen-bond acceptors (Lipinski definition) is 2. The fraction of sp³-hybridized carbons (Fsp3) is 0.500. The van der Waals surface area contributed by atoms with Gasteiger partial charge >= 0.3 is 0 Å². The van der Waals surface area contributed by atoms with Crippen LogP contribution in [0.25, 0.3) is 0 Å². The highest BCUT2D eigenvalue weighted by Crippen LogP contribution is 2.12. The average Bonchev–Trinajstić information content (AvgIpc) is 2.47. The summed E-state index contributed by atoms with van der Waals surface area (Å²) < 4.78 is 5.34. The van der Waals surface area contributed by atoms with Crippen LogP contribution in [0, 0.1) is 0 Å². The molecule has 1 saturated heterocycles. The number of thiocarbonyl (C=S) groups is 1. The molecule has 1 aromatic rings. The molecule has 1 aliphatic rings. The smallest absolute Gasteiger partial charge is 0.170 e. The maximum atomic E-state index is 5.84. The first-order chi connectivity index (χ1) is 9.74. The third kappa shape index (κ3) is 5.63. The molecule has 0 aromatic heterocycles. The maximum Gasteiger partial charge on any atom is 0.170 e. The molecule has 0 bridgehead atoms.